The summed E-state index contributed by atoms with van der Waals surface area (Å²) in [4.78, 5) is 4.74. The lowest BCUT2D eigenvalue weighted by atomic mass is 9.87. The van der Waals surface area contributed by atoms with Crippen molar-refractivity contribution in [2.45, 2.75) is 5.92 Å². The largest absolute Gasteiger partial charge is 0.496 e. The molecule has 124 valence electrons. The normalized spacial score (nSPS) is 15.7. The van der Waals surface area contributed by atoms with Gasteiger partial charge < -0.3 is 9.47 Å². The van der Waals surface area contributed by atoms with Crippen LogP contribution in [0.2, 0.25) is 0 Å². The molecule has 4 rings (SSSR count). The van der Waals surface area contributed by atoms with Gasteiger partial charge in [-0.25, -0.2) is 4.85 Å². The van der Waals surface area contributed by atoms with Crippen LogP contribution in [0, 0.1) is 6.57 Å². The molecule has 1 aromatic carbocycles. The maximum absolute atomic E-state index is 7.56. The Balaban J connectivity index is 1.90. The van der Waals surface area contributed by atoms with Crippen molar-refractivity contribution in [3.05, 3.63) is 74.7 Å². The van der Waals surface area contributed by atoms with Crippen LogP contribution in [-0.4, -0.2) is 17.3 Å². The Kier molecular flexibility index (Phi) is 4.07. The number of H-pyrrole nitrogens is 1. The van der Waals surface area contributed by atoms with Gasteiger partial charge in [-0.15, -0.1) is 16.4 Å². The lowest BCUT2D eigenvalue weighted by Crippen LogP contribution is -2.10. The van der Waals surface area contributed by atoms with Crippen LogP contribution < -0.4 is 9.47 Å². The first kappa shape index (κ1) is 15.9. The molecule has 25 heavy (non-hydrogen) atoms. The van der Waals surface area contributed by atoms with E-state index in [9.17, 15) is 0 Å². The Morgan fingerprint density at radius 1 is 1.40 bits per heavy atom. The predicted octanol–water partition coefficient (Wildman–Crippen LogP) is 5.19. The lowest BCUT2D eigenvalue weighted by molar-refractivity contribution is 0.411. The van der Waals surface area contributed by atoms with E-state index in [4.69, 9.17) is 16.0 Å². The number of methoxy groups -OCH3 is 1. The molecule has 0 saturated carbocycles. The van der Waals surface area contributed by atoms with Crippen molar-refractivity contribution in [2.24, 2.45) is 0 Å². The van der Waals surface area contributed by atoms with E-state index in [0.29, 0.717) is 11.6 Å². The van der Waals surface area contributed by atoms with Crippen molar-refractivity contribution in [3.8, 4) is 22.2 Å². The summed E-state index contributed by atoms with van der Waals surface area (Å²) in [7, 11) is 1.63. The molecule has 0 fully saturated rings. The number of hydrogen-bond acceptors (Lipinski definition) is 4. The summed E-state index contributed by atoms with van der Waals surface area (Å²) < 4.78 is 11.7. The third-order valence-corrected chi connectivity index (χ3v) is 5.56. The van der Waals surface area contributed by atoms with Gasteiger partial charge in [-0.3, -0.25) is 5.10 Å². The highest BCUT2D eigenvalue weighted by molar-refractivity contribution is 9.10. The minimum absolute atomic E-state index is 0.251. The number of hydrogen-bond donors (Lipinski definition) is 1. The Bertz CT molecular complexity index is 1000. The summed E-state index contributed by atoms with van der Waals surface area (Å²) in [5.74, 6) is 1.00. The third-order valence-electron chi connectivity index (χ3n) is 4.05. The highest BCUT2D eigenvalue weighted by Gasteiger charge is 2.33. The highest BCUT2D eigenvalue weighted by Crippen LogP contribution is 2.46. The van der Waals surface area contributed by atoms with Gasteiger partial charge >= 0.3 is 0 Å². The minimum Gasteiger partial charge on any atom is -0.496 e. The van der Waals surface area contributed by atoms with Crippen LogP contribution in [0.4, 0.5) is 0 Å². The monoisotopic (exact) mass is 413 g/mol. The zero-order valence-electron chi connectivity index (χ0n) is 13.1. The number of fused-ring (bicyclic) bond motifs is 1. The Morgan fingerprint density at radius 3 is 2.96 bits per heavy atom. The molecule has 5 nitrogen and oxygen atoms in total. The quantitative estimate of drug-likeness (QED) is 0.600. The van der Waals surface area contributed by atoms with E-state index in [1.54, 1.807) is 18.4 Å². The number of thiophene rings is 1. The van der Waals surface area contributed by atoms with Gasteiger partial charge in [0, 0.05) is 5.56 Å². The molecular formula is C18H12BrN3O2S. The lowest BCUT2D eigenvalue weighted by Gasteiger charge is -2.22. The molecule has 1 aliphatic rings. The van der Waals surface area contributed by atoms with E-state index >= 15 is 0 Å². The average Bonchev–Trinajstić information content (AvgIpc) is 3.29. The average molecular weight is 414 g/mol. The molecule has 0 amide bonds. The van der Waals surface area contributed by atoms with Gasteiger partial charge in [-0.2, -0.15) is 0 Å². The first-order valence-electron chi connectivity index (χ1n) is 7.42. The number of rotatable bonds is 3. The SMILES string of the molecule is [C-]#[N+]C1=COc2n[nH]c(-c3cccs3)c2C1c1ccc(OC)c(Br)c1. The molecule has 0 saturated heterocycles. The number of allylic oxidation sites excluding steroid dienone is 1. The van der Waals surface area contributed by atoms with Crippen LogP contribution in [0.5, 0.6) is 11.6 Å². The van der Waals surface area contributed by atoms with Gasteiger partial charge in [0.1, 0.15) is 5.75 Å². The standard InChI is InChI=1S/C18H12BrN3O2S/c1-20-12-9-24-18-16(17(21-22-18)14-4-3-7-25-14)15(12)10-5-6-13(23-2)11(19)8-10/h3-9,15H,2H3,(H,21,22). The first-order chi connectivity index (χ1) is 12.2. The van der Waals surface area contributed by atoms with Crippen LogP contribution in [0.3, 0.4) is 0 Å². The van der Waals surface area contributed by atoms with Crippen LogP contribution in [0.15, 0.2) is 52.1 Å². The van der Waals surface area contributed by atoms with Crippen LogP contribution in [-0.2, 0) is 0 Å². The molecule has 7 heteroatoms. The van der Waals surface area contributed by atoms with E-state index < -0.39 is 0 Å². The molecule has 1 aliphatic heterocycles. The highest BCUT2D eigenvalue weighted by atomic mass is 79.9. The summed E-state index contributed by atoms with van der Waals surface area (Å²) in [6.45, 7) is 7.56. The molecule has 3 heterocycles. The number of benzene rings is 1. The zero-order chi connectivity index (χ0) is 17.4. The van der Waals surface area contributed by atoms with Gasteiger partial charge in [-0.1, -0.05) is 12.1 Å². The fraction of sp³-hybridized carbons (Fsp3) is 0.111. The predicted molar refractivity (Wildman–Crippen MR) is 99.8 cm³/mol. The van der Waals surface area contributed by atoms with Crippen molar-refractivity contribution < 1.29 is 9.47 Å². The molecule has 3 aromatic rings. The summed E-state index contributed by atoms with van der Waals surface area (Å²) in [6, 6.07) is 9.84. The van der Waals surface area contributed by atoms with Gasteiger partial charge in [0.05, 0.1) is 40.9 Å². The van der Waals surface area contributed by atoms with E-state index in [2.05, 4.69) is 31.0 Å². The molecular weight excluding hydrogens is 402 g/mol. The van der Waals surface area contributed by atoms with Gasteiger partial charge in [-0.05, 0) is 45.1 Å². The Labute approximate surface area is 156 Å². The number of ether oxygens (including phenoxy) is 2. The molecule has 1 N–H and O–H groups in total. The van der Waals surface area contributed by atoms with Gasteiger partial charge in [0.15, 0.2) is 0 Å². The van der Waals surface area contributed by atoms with E-state index in [1.165, 1.54) is 6.26 Å². The summed E-state index contributed by atoms with van der Waals surface area (Å²) in [5, 5.41) is 9.36. The molecule has 0 spiro atoms. The second-order valence-corrected chi connectivity index (χ2v) is 7.20. The van der Waals surface area contributed by atoms with Crippen molar-refractivity contribution in [2.75, 3.05) is 7.11 Å². The van der Waals surface area contributed by atoms with Gasteiger partial charge in [0.2, 0.25) is 11.6 Å². The molecule has 1 unspecified atom stereocenters. The summed E-state index contributed by atoms with van der Waals surface area (Å²) >= 11 is 5.14. The van der Waals surface area contributed by atoms with Crippen LogP contribution in [0.1, 0.15) is 17.0 Å². The van der Waals surface area contributed by atoms with Crippen LogP contribution >= 0.6 is 27.3 Å². The maximum Gasteiger partial charge on any atom is 0.239 e. The van der Waals surface area contributed by atoms with E-state index in [-0.39, 0.29) is 5.92 Å². The van der Waals surface area contributed by atoms with Gasteiger partial charge in [0.25, 0.3) is 0 Å². The molecule has 2 aromatic heterocycles. The number of nitrogens with zero attached hydrogens (tertiary/aromatic N) is 2. The summed E-state index contributed by atoms with van der Waals surface area (Å²) in [5.41, 5.74) is 3.26. The third kappa shape index (κ3) is 2.64. The Hall–Kier alpha value is -2.56. The molecule has 0 bridgehead atoms. The van der Waals surface area contributed by atoms with E-state index in [0.717, 1.165) is 31.9 Å². The van der Waals surface area contributed by atoms with Crippen molar-refractivity contribution in [3.63, 3.8) is 0 Å². The fourth-order valence-corrected chi connectivity index (χ4v) is 4.22. The minimum atomic E-state index is -0.251. The maximum atomic E-state index is 7.56. The number of halogens is 1. The first-order valence-corrected chi connectivity index (χ1v) is 9.10. The van der Waals surface area contributed by atoms with Crippen molar-refractivity contribution in [1.29, 1.82) is 0 Å². The van der Waals surface area contributed by atoms with Crippen molar-refractivity contribution in [1.82, 2.24) is 10.2 Å². The number of nitrogens with one attached hydrogen (secondary N) is 1. The topological polar surface area (TPSA) is 51.5 Å². The fourth-order valence-electron chi connectivity index (χ4n) is 2.92. The zero-order valence-corrected chi connectivity index (χ0v) is 15.5. The number of aromatic nitrogens is 2. The second-order valence-electron chi connectivity index (χ2n) is 5.39. The number of aromatic amines is 1. The van der Waals surface area contributed by atoms with Crippen LogP contribution in [0.25, 0.3) is 15.4 Å². The van der Waals surface area contributed by atoms with Crippen molar-refractivity contribution >= 4 is 27.3 Å². The molecule has 1 atom stereocenters. The second kappa shape index (κ2) is 6.39. The molecule has 0 aliphatic carbocycles. The Morgan fingerprint density at radius 2 is 2.28 bits per heavy atom. The smallest absolute Gasteiger partial charge is 0.239 e. The summed E-state index contributed by atoms with van der Waals surface area (Å²) in [6.07, 6.45) is 1.48. The van der Waals surface area contributed by atoms with E-state index in [1.807, 2.05) is 35.7 Å². The molecule has 0 radical (unpaired) electrons.